The van der Waals surface area contributed by atoms with Crippen molar-refractivity contribution in [3.05, 3.63) is 53.6 Å². The van der Waals surface area contributed by atoms with E-state index in [9.17, 15) is 13.2 Å². The van der Waals surface area contributed by atoms with Crippen LogP contribution in [0, 0.1) is 0 Å². The van der Waals surface area contributed by atoms with Gasteiger partial charge in [0.05, 0.1) is 17.0 Å². The second-order valence-electron chi connectivity index (χ2n) is 9.64. The van der Waals surface area contributed by atoms with E-state index >= 15 is 0 Å². The molecule has 0 spiro atoms. The van der Waals surface area contributed by atoms with E-state index in [-0.39, 0.29) is 18.4 Å². The zero-order valence-electron chi connectivity index (χ0n) is 20.8. The fraction of sp³-hybridized carbons (Fsp3) is 0.444. The number of carbonyl (C=O) groups is 1. The average molecular weight is 624 g/mol. The highest BCUT2D eigenvalue weighted by Crippen LogP contribution is 2.34. The SMILES string of the molecule is CN(C)CCOC(=O)Cc1c(-c2ccc(CI)c(S(=O)(=O)NC3CCCCC3)c2)[nH]c2ccccc12. The first-order chi connectivity index (χ1) is 17.3. The Labute approximate surface area is 227 Å². The molecule has 0 radical (unpaired) electrons. The topological polar surface area (TPSA) is 91.5 Å². The van der Waals surface area contributed by atoms with Crippen molar-refractivity contribution in [3.63, 3.8) is 0 Å². The van der Waals surface area contributed by atoms with Gasteiger partial charge < -0.3 is 14.6 Å². The lowest BCUT2D eigenvalue weighted by Gasteiger charge is -2.23. The van der Waals surface area contributed by atoms with E-state index in [0.29, 0.717) is 22.5 Å². The van der Waals surface area contributed by atoms with E-state index in [1.165, 1.54) is 0 Å². The van der Waals surface area contributed by atoms with Crippen molar-refractivity contribution in [2.45, 2.75) is 53.9 Å². The number of nitrogens with one attached hydrogen (secondary N) is 2. The summed E-state index contributed by atoms with van der Waals surface area (Å²) in [5, 5.41) is 0.930. The van der Waals surface area contributed by atoms with Gasteiger partial charge in [0.2, 0.25) is 10.0 Å². The van der Waals surface area contributed by atoms with E-state index in [4.69, 9.17) is 4.74 Å². The van der Waals surface area contributed by atoms with Crippen molar-refractivity contribution < 1.29 is 17.9 Å². The summed E-state index contributed by atoms with van der Waals surface area (Å²) in [6, 6.07) is 13.3. The molecule has 1 aliphatic rings. The Morgan fingerprint density at radius 2 is 1.89 bits per heavy atom. The molecule has 2 aromatic carbocycles. The number of rotatable bonds is 10. The van der Waals surface area contributed by atoms with Crippen LogP contribution in [0.4, 0.5) is 0 Å². The number of hydrogen-bond donors (Lipinski definition) is 2. The van der Waals surface area contributed by atoms with E-state index < -0.39 is 10.0 Å². The standard InChI is InChI=1S/C27H34IN3O4S/c1-31(2)14-15-35-26(32)17-23-22-10-6-7-11-24(22)29-27(23)19-12-13-20(18-28)25(16-19)36(33,34)30-21-8-4-3-5-9-21/h6-7,10-13,16,21,29-30H,3-5,8-9,14-15,17-18H2,1-2H3. The summed E-state index contributed by atoms with van der Waals surface area (Å²) in [6.07, 6.45) is 5.11. The Morgan fingerprint density at radius 3 is 2.61 bits per heavy atom. The minimum atomic E-state index is -3.68. The number of aromatic amines is 1. The molecule has 9 heteroatoms. The monoisotopic (exact) mass is 623 g/mol. The van der Waals surface area contributed by atoms with E-state index in [1.54, 1.807) is 6.07 Å². The third-order valence-corrected chi connectivity index (χ3v) is 9.08. The van der Waals surface area contributed by atoms with Crippen molar-refractivity contribution in [2.75, 3.05) is 27.2 Å². The number of halogens is 1. The van der Waals surface area contributed by atoms with Crippen molar-refractivity contribution in [1.82, 2.24) is 14.6 Å². The number of para-hydroxylation sites is 1. The molecule has 0 saturated heterocycles. The van der Waals surface area contributed by atoms with E-state index in [1.807, 2.05) is 55.4 Å². The van der Waals surface area contributed by atoms with Gasteiger partial charge in [-0.15, -0.1) is 0 Å². The molecule has 194 valence electrons. The number of carbonyl (C=O) groups excluding carboxylic acids is 1. The quantitative estimate of drug-likeness (QED) is 0.188. The maximum absolute atomic E-state index is 13.5. The molecular formula is C27H34IN3O4S. The molecule has 1 heterocycles. The van der Waals surface area contributed by atoms with Gasteiger partial charge in [-0.25, -0.2) is 13.1 Å². The molecule has 0 unspecified atom stereocenters. The highest BCUT2D eigenvalue weighted by molar-refractivity contribution is 14.1. The normalized spacial score (nSPS) is 15.0. The first-order valence-electron chi connectivity index (χ1n) is 12.4. The van der Waals surface area contributed by atoms with Crippen LogP contribution in [0.15, 0.2) is 47.4 Å². The zero-order chi connectivity index (χ0) is 25.7. The molecule has 7 nitrogen and oxygen atoms in total. The van der Waals surface area contributed by atoms with Gasteiger partial charge in [0.25, 0.3) is 0 Å². The number of fused-ring (bicyclic) bond motifs is 1. The summed E-state index contributed by atoms with van der Waals surface area (Å²) in [6.45, 7) is 0.975. The number of nitrogens with zero attached hydrogens (tertiary/aromatic N) is 1. The van der Waals surface area contributed by atoms with Gasteiger partial charge in [0.15, 0.2) is 0 Å². The van der Waals surface area contributed by atoms with Gasteiger partial charge in [-0.2, -0.15) is 0 Å². The summed E-state index contributed by atoms with van der Waals surface area (Å²) in [5.41, 5.74) is 3.95. The number of ether oxygens (including phenoxy) is 1. The highest BCUT2D eigenvalue weighted by atomic mass is 127. The molecule has 0 aliphatic heterocycles. The lowest BCUT2D eigenvalue weighted by atomic mass is 9.96. The third kappa shape index (κ3) is 6.48. The highest BCUT2D eigenvalue weighted by Gasteiger charge is 2.25. The number of benzene rings is 2. The lowest BCUT2D eigenvalue weighted by molar-refractivity contribution is -0.143. The van der Waals surface area contributed by atoms with Gasteiger partial charge in [-0.05, 0) is 55.8 Å². The number of esters is 1. The maximum Gasteiger partial charge on any atom is 0.310 e. The van der Waals surface area contributed by atoms with Gasteiger partial charge in [-0.3, -0.25) is 4.79 Å². The molecule has 2 N–H and O–H groups in total. The Balaban J connectivity index is 1.70. The van der Waals surface area contributed by atoms with Crippen molar-refractivity contribution in [3.8, 4) is 11.3 Å². The second-order valence-corrected chi connectivity index (χ2v) is 12.1. The summed E-state index contributed by atoms with van der Waals surface area (Å²) in [5.74, 6) is -0.307. The fourth-order valence-corrected chi connectivity index (χ4v) is 7.23. The van der Waals surface area contributed by atoms with Gasteiger partial charge in [-0.1, -0.05) is 72.2 Å². The Hall–Kier alpha value is -1.95. The molecule has 0 atom stereocenters. The first-order valence-corrected chi connectivity index (χ1v) is 15.4. The molecule has 1 aromatic heterocycles. The largest absolute Gasteiger partial charge is 0.464 e. The van der Waals surface area contributed by atoms with Crippen LogP contribution in [0.25, 0.3) is 22.2 Å². The number of likely N-dealkylation sites (N-methyl/N-ethyl adjacent to an activating group) is 1. The summed E-state index contributed by atoms with van der Waals surface area (Å²) in [4.78, 5) is 18.4. The van der Waals surface area contributed by atoms with Crippen LogP contribution in [0.5, 0.6) is 0 Å². The summed E-state index contributed by atoms with van der Waals surface area (Å²) in [7, 11) is 0.176. The van der Waals surface area contributed by atoms with E-state index in [2.05, 4.69) is 32.3 Å². The maximum atomic E-state index is 13.5. The summed E-state index contributed by atoms with van der Waals surface area (Å²) >= 11 is 2.20. The number of alkyl halides is 1. The van der Waals surface area contributed by atoms with Crippen molar-refractivity contribution >= 4 is 49.5 Å². The summed E-state index contributed by atoms with van der Waals surface area (Å²) < 4.78 is 35.9. The molecule has 3 aromatic rings. The smallest absolute Gasteiger partial charge is 0.310 e. The van der Waals surface area contributed by atoms with Gasteiger partial charge >= 0.3 is 5.97 Å². The van der Waals surface area contributed by atoms with Crippen molar-refractivity contribution in [1.29, 1.82) is 0 Å². The minimum Gasteiger partial charge on any atom is -0.464 e. The van der Waals surface area contributed by atoms with Crippen LogP contribution in [-0.4, -0.2) is 57.6 Å². The third-order valence-electron chi connectivity index (χ3n) is 6.65. The number of hydrogen-bond acceptors (Lipinski definition) is 5. The minimum absolute atomic E-state index is 0.0185. The first kappa shape index (κ1) is 27.1. The zero-order valence-corrected chi connectivity index (χ0v) is 23.8. The fourth-order valence-electron chi connectivity index (χ4n) is 4.74. The van der Waals surface area contributed by atoms with Crippen LogP contribution in [0.1, 0.15) is 43.2 Å². The lowest BCUT2D eigenvalue weighted by Crippen LogP contribution is -2.36. The van der Waals surface area contributed by atoms with Crippen molar-refractivity contribution in [2.24, 2.45) is 0 Å². The van der Waals surface area contributed by atoms with Crippen LogP contribution >= 0.6 is 22.6 Å². The van der Waals surface area contributed by atoms with Crippen LogP contribution in [0.3, 0.4) is 0 Å². The molecule has 4 rings (SSSR count). The predicted molar refractivity (Wildman–Crippen MR) is 152 cm³/mol. The van der Waals surface area contributed by atoms with Gasteiger partial charge in [0.1, 0.15) is 6.61 Å². The number of aromatic nitrogens is 1. The Bertz CT molecular complexity index is 1310. The molecule has 1 aliphatic carbocycles. The second kappa shape index (κ2) is 12.1. The Morgan fingerprint density at radius 1 is 1.14 bits per heavy atom. The van der Waals surface area contributed by atoms with E-state index in [0.717, 1.165) is 65.4 Å². The van der Waals surface area contributed by atoms with Crippen LogP contribution in [0.2, 0.25) is 0 Å². The molecular weight excluding hydrogens is 589 g/mol. The molecule has 0 amide bonds. The molecule has 36 heavy (non-hydrogen) atoms. The average Bonchev–Trinajstić information content (AvgIpc) is 3.22. The molecule has 1 saturated carbocycles. The Kier molecular flexibility index (Phi) is 9.08. The van der Waals surface area contributed by atoms with Crippen LogP contribution < -0.4 is 4.72 Å². The number of H-pyrrole nitrogens is 1. The van der Waals surface area contributed by atoms with Gasteiger partial charge in [0, 0.05) is 27.9 Å². The molecule has 1 fully saturated rings. The predicted octanol–water partition coefficient (Wildman–Crippen LogP) is 5.03. The van der Waals surface area contributed by atoms with Crippen LogP contribution in [-0.2, 0) is 30.4 Å². The number of sulfonamides is 1. The molecule has 0 bridgehead atoms.